The summed E-state index contributed by atoms with van der Waals surface area (Å²) < 4.78 is 19.3. The minimum atomic E-state index is -1.46. The number of carbonyl (C=O) groups is 13. The zero-order valence-corrected chi connectivity index (χ0v) is 52.3. The average molecular weight is 1270 g/mol. The Balaban J connectivity index is 0.000000573. The third-order valence-corrected chi connectivity index (χ3v) is 11.8. The Labute approximate surface area is 520 Å². The second-order valence-electron chi connectivity index (χ2n) is 22.7. The number of aliphatic hydroxyl groups excluding tert-OH is 2. The molecule has 0 aliphatic carbocycles. The van der Waals surface area contributed by atoms with Gasteiger partial charge < -0.3 is 71.3 Å². The van der Waals surface area contributed by atoms with Crippen molar-refractivity contribution < 1.29 is 112 Å². The molecule has 29 nitrogen and oxygen atoms in total. The molecule has 0 saturated heterocycles. The van der Waals surface area contributed by atoms with E-state index in [0.29, 0.717) is 59.2 Å². The minimum absolute atomic E-state index is 0.00272. The Morgan fingerprint density at radius 3 is 0.978 bits per heavy atom. The van der Waals surface area contributed by atoms with Gasteiger partial charge in [0.25, 0.3) is 23.6 Å². The highest BCUT2D eigenvalue weighted by Crippen LogP contribution is 2.25. The molecule has 3 aromatic carbocycles. The monoisotopic (exact) mass is 1270 g/mol. The molecule has 11 N–H and O–H groups in total. The van der Waals surface area contributed by atoms with Crippen LogP contribution in [0.15, 0.2) is 72.8 Å². The summed E-state index contributed by atoms with van der Waals surface area (Å²) in [7, 11) is 1.00. The van der Waals surface area contributed by atoms with Crippen LogP contribution in [-0.2, 0) is 38.1 Å². The number of cyclic esters (lactones) is 2. The van der Waals surface area contributed by atoms with Crippen LogP contribution >= 0.6 is 0 Å². The van der Waals surface area contributed by atoms with Crippen molar-refractivity contribution in [1.82, 2.24) is 25.8 Å². The Morgan fingerprint density at radius 1 is 0.456 bits per heavy atom. The predicted octanol–water partition coefficient (Wildman–Crippen LogP) is 6.01. The normalized spacial score (nSPS) is 14.0. The molecule has 90 heavy (non-hydrogen) atoms. The van der Waals surface area contributed by atoms with Gasteiger partial charge in [-0.05, 0) is 150 Å². The first kappa shape index (κ1) is 78.7. The number of fused-ring (bicyclic) bond motifs is 3. The molecule has 4 atom stereocenters. The van der Waals surface area contributed by atoms with Crippen molar-refractivity contribution in [2.45, 2.75) is 168 Å². The highest BCUT2D eigenvalue weighted by molar-refractivity contribution is 6.22. The second-order valence-corrected chi connectivity index (χ2v) is 22.7. The number of imide groups is 2. The summed E-state index contributed by atoms with van der Waals surface area (Å²) in [6, 6.07) is 16.6. The number of nitrogens with zero attached hydrogens (tertiary/aromatic N) is 2. The number of alkyl carbamates (subject to hydrolysis) is 3. The first-order valence-electron chi connectivity index (χ1n) is 28.4. The summed E-state index contributed by atoms with van der Waals surface area (Å²) in [5.41, 5.74) is 5.42. The summed E-state index contributed by atoms with van der Waals surface area (Å²) in [6.07, 6.45) is -0.258. The van der Waals surface area contributed by atoms with Crippen LogP contribution in [0.25, 0.3) is 0 Å². The van der Waals surface area contributed by atoms with E-state index in [4.69, 9.17) is 45.5 Å². The van der Waals surface area contributed by atoms with Gasteiger partial charge in [-0.1, -0.05) is 56.2 Å². The van der Waals surface area contributed by atoms with Gasteiger partial charge in [0.1, 0.15) is 34.9 Å². The fraction of sp³-hybridized carbons (Fsp3) is 0.492. The number of hydrogen-bond acceptors (Lipinski definition) is 20. The second kappa shape index (κ2) is 37.5. The maximum Gasteiger partial charge on any atom is 0.408 e. The molecule has 3 heterocycles. The van der Waals surface area contributed by atoms with Crippen LogP contribution in [0.5, 0.6) is 0 Å². The average Bonchev–Trinajstić information content (AvgIpc) is 1.76. The molecule has 0 radical (unpaired) electrons. The van der Waals surface area contributed by atoms with E-state index in [-0.39, 0.29) is 50.6 Å². The van der Waals surface area contributed by atoms with Gasteiger partial charge in [0, 0.05) is 20.2 Å². The number of nitrogens with two attached hydrogens (primary N) is 1. The van der Waals surface area contributed by atoms with Gasteiger partial charge in [-0.3, -0.25) is 29.0 Å². The lowest BCUT2D eigenvalue weighted by Crippen LogP contribution is -2.44. The van der Waals surface area contributed by atoms with Crippen molar-refractivity contribution in [1.29, 1.82) is 0 Å². The third kappa shape index (κ3) is 27.8. The maximum atomic E-state index is 12.3. The standard InChI is InChI=1S/C18H22N2O6.C13H13NO5.C11H21NO4.C10H20N2O4.C8H4O3.CH4O/c1-18(2,3)26-17(25)19-13(16(23)24)9-6-10-20-14(21)11-7-4-5-8-12(11)15(20)22;15-10(13(18)19)6-3-7-14-11(16)8-4-1-2-5-9(8)12(14)17;1-5-6-7-8(9(13)14)12-10(15)16-11(2,3)4;1-10(2,3)16-9(15)12-7(8(13)14)5-4-6-11;9-7-5-3-1-2-4-6(5)8(10)11-7;1-2/h4-5,7-8,13H,6,9-10H2,1-3H3,(H,19,25)(H,23,24);1-2,4-5,10,15H,3,6-7H2,(H,18,19);8H,5-7H2,1-4H3,(H,12,15)(H,13,14);7H,4-6,11H2,1-3H3,(H,12,15)(H,13,14);1-4H;2H,1H3/t13-;10-;8-;7-;;/m0000../s1. The van der Waals surface area contributed by atoms with Gasteiger partial charge in [0.15, 0.2) is 6.10 Å². The van der Waals surface area contributed by atoms with E-state index < -0.39 is 107 Å². The van der Waals surface area contributed by atoms with Gasteiger partial charge >= 0.3 is 54.1 Å². The molecular weight excluding hydrogens is 1180 g/mol. The molecular formula is C61H84N6O23. The molecule has 0 bridgehead atoms. The van der Waals surface area contributed by atoms with Crippen LogP contribution in [-0.4, -0.2) is 186 Å². The smallest absolute Gasteiger partial charge is 0.408 e. The molecule has 0 aromatic heterocycles. The van der Waals surface area contributed by atoms with Crippen molar-refractivity contribution in [2.24, 2.45) is 5.73 Å². The number of unbranched alkanes of at least 4 members (excludes halogenated alkanes) is 1. The van der Waals surface area contributed by atoms with Crippen LogP contribution in [0.1, 0.15) is 189 Å². The Bertz CT molecular complexity index is 2840. The van der Waals surface area contributed by atoms with Gasteiger partial charge in [-0.2, -0.15) is 0 Å². The number of aliphatic hydroxyl groups is 2. The number of esters is 2. The minimum Gasteiger partial charge on any atom is -0.480 e. The van der Waals surface area contributed by atoms with Gasteiger partial charge in [0.2, 0.25) is 0 Å². The van der Waals surface area contributed by atoms with Crippen molar-refractivity contribution >= 4 is 77.7 Å². The van der Waals surface area contributed by atoms with Crippen molar-refractivity contribution in [3.8, 4) is 0 Å². The lowest BCUT2D eigenvalue weighted by atomic mass is 10.1. The molecule has 3 aromatic rings. The predicted molar refractivity (Wildman–Crippen MR) is 320 cm³/mol. The molecule has 0 saturated carbocycles. The fourth-order valence-corrected chi connectivity index (χ4v) is 7.79. The maximum absolute atomic E-state index is 12.3. The number of carbonyl (C=O) groups excluding carboxylic acids is 9. The number of ether oxygens (including phenoxy) is 4. The lowest BCUT2D eigenvalue weighted by molar-refractivity contribution is -0.147. The molecule has 0 fully saturated rings. The van der Waals surface area contributed by atoms with Crippen LogP contribution in [0, 0.1) is 0 Å². The summed E-state index contributed by atoms with van der Waals surface area (Å²) in [5, 5.41) is 58.5. The number of carboxylic acid groups (broad SMARTS) is 4. The van der Waals surface area contributed by atoms with E-state index in [1.807, 2.05) is 6.92 Å². The Kier molecular flexibility index (Phi) is 32.8. The molecule has 0 spiro atoms. The number of hydrogen-bond donors (Lipinski definition) is 10. The van der Waals surface area contributed by atoms with E-state index in [0.717, 1.165) is 29.8 Å². The Morgan fingerprint density at radius 2 is 0.722 bits per heavy atom. The highest BCUT2D eigenvalue weighted by atomic mass is 16.6. The number of rotatable bonds is 21. The van der Waals surface area contributed by atoms with E-state index in [1.165, 1.54) is 0 Å². The molecule has 29 heteroatoms. The van der Waals surface area contributed by atoms with Crippen molar-refractivity contribution in [3.63, 3.8) is 0 Å². The number of amides is 7. The van der Waals surface area contributed by atoms with Crippen LogP contribution in [0.4, 0.5) is 14.4 Å². The number of nitrogens with one attached hydrogen (secondary N) is 3. The number of benzene rings is 3. The fourth-order valence-electron chi connectivity index (χ4n) is 7.79. The lowest BCUT2D eigenvalue weighted by Gasteiger charge is -2.22. The zero-order chi connectivity index (χ0) is 68.9. The molecule has 6 rings (SSSR count). The van der Waals surface area contributed by atoms with E-state index in [2.05, 4.69) is 20.7 Å². The van der Waals surface area contributed by atoms with Crippen LogP contribution in [0.3, 0.4) is 0 Å². The molecule has 496 valence electrons. The van der Waals surface area contributed by atoms with Crippen molar-refractivity contribution in [3.05, 3.63) is 106 Å². The highest BCUT2D eigenvalue weighted by Gasteiger charge is 2.37. The molecule has 3 aliphatic heterocycles. The van der Waals surface area contributed by atoms with Gasteiger partial charge in [-0.25, -0.2) is 43.2 Å². The quantitative estimate of drug-likeness (QED) is 0.0252. The summed E-state index contributed by atoms with van der Waals surface area (Å²) in [6.45, 7) is 17.9. The number of carboxylic acids is 4. The molecule has 3 aliphatic rings. The third-order valence-electron chi connectivity index (χ3n) is 11.8. The molecule has 0 unspecified atom stereocenters. The Hall–Kier alpha value is -9.35. The summed E-state index contributed by atoms with van der Waals surface area (Å²) in [5.74, 6) is -7.25. The summed E-state index contributed by atoms with van der Waals surface area (Å²) in [4.78, 5) is 150. The van der Waals surface area contributed by atoms with E-state index in [1.54, 1.807) is 135 Å². The van der Waals surface area contributed by atoms with Crippen LogP contribution < -0.4 is 21.7 Å². The van der Waals surface area contributed by atoms with Gasteiger partial charge in [-0.15, -0.1) is 0 Å². The summed E-state index contributed by atoms with van der Waals surface area (Å²) >= 11 is 0. The first-order valence-corrected chi connectivity index (χ1v) is 28.4. The topological polar surface area (TPSA) is 449 Å². The largest absolute Gasteiger partial charge is 0.480 e. The van der Waals surface area contributed by atoms with E-state index >= 15 is 0 Å². The van der Waals surface area contributed by atoms with Crippen LogP contribution in [0.2, 0.25) is 0 Å². The first-order chi connectivity index (χ1) is 41.9. The number of aliphatic carboxylic acids is 4. The van der Waals surface area contributed by atoms with E-state index in [9.17, 15) is 67.4 Å². The zero-order valence-electron chi connectivity index (χ0n) is 52.3. The van der Waals surface area contributed by atoms with Crippen molar-refractivity contribution in [2.75, 3.05) is 26.7 Å². The molecule has 7 amide bonds. The van der Waals surface area contributed by atoms with Gasteiger partial charge in [0.05, 0.1) is 33.4 Å². The SMILES string of the molecule is CC(C)(C)OC(=O)N[C@@H](CCCN)C(=O)O.CC(C)(C)OC(=O)N[C@@H](CCCN1C(=O)c2ccccc2C1=O)C(=O)O.CCCC[C@H](NC(=O)OC(C)(C)C)C(=O)O.CO.O=C(O)[C@@H](O)CCCN1C(=O)c2ccccc2C1=O.O=C1OC(=O)c2ccccc21.